The predicted octanol–water partition coefficient (Wildman–Crippen LogP) is 10.8. The van der Waals surface area contributed by atoms with E-state index in [1.807, 2.05) is 24.3 Å². The van der Waals surface area contributed by atoms with Crippen molar-refractivity contribution >= 4 is 71.3 Å². The molecule has 78 heavy (non-hydrogen) atoms. The molecule has 8 aromatic rings. The van der Waals surface area contributed by atoms with Crippen molar-refractivity contribution in [1.82, 2.24) is 29.5 Å². The molecule has 0 unspecified atom stereocenters. The lowest BCUT2D eigenvalue weighted by Crippen LogP contribution is -2.39. The number of aliphatic hydroxyl groups is 2. The van der Waals surface area contributed by atoms with E-state index in [4.69, 9.17) is 41.5 Å². The highest BCUT2D eigenvalue weighted by Crippen LogP contribution is 2.38. The molecular weight excluding hydrogens is 1110 g/mol. The molecule has 4 aromatic heterocycles. The highest BCUT2D eigenvalue weighted by atomic mass is 35.5. The number of ether oxygens (including phenoxy) is 2. The van der Waals surface area contributed by atoms with Gasteiger partial charge < -0.3 is 28.5 Å². The van der Waals surface area contributed by atoms with E-state index in [1.54, 1.807) is 94.1 Å². The van der Waals surface area contributed by atoms with Crippen molar-refractivity contribution in [2.75, 3.05) is 47.4 Å². The first-order chi connectivity index (χ1) is 37.1. The Kier molecular flexibility index (Phi) is 19.6. The molecule has 0 aliphatic carbocycles. The van der Waals surface area contributed by atoms with Gasteiger partial charge in [-0.1, -0.05) is 111 Å². The Hall–Kier alpha value is -6.25. The second-order valence-electron chi connectivity index (χ2n) is 20.7. The van der Waals surface area contributed by atoms with Gasteiger partial charge in [0.2, 0.25) is 43.6 Å². The van der Waals surface area contributed by atoms with E-state index in [1.165, 1.54) is 35.4 Å². The third-order valence-electron chi connectivity index (χ3n) is 12.5. The Morgan fingerprint density at radius 3 is 1.22 bits per heavy atom. The number of hydrogen-bond acceptors (Lipinski definition) is 14. The molecule has 0 fully saturated rings. The number of halogens is 2. The summed E-state index contributed by atoms with van der Waals surface area (Å²) in [6.45, 7) is 13.0. The zero-order chi connectivity index (χ0) is 56.4. The number of para-hydroxylation sites is 2. The smallest absolute Gasteiger partial charge is 0.246 e. The minimum Gasteiger partial charge on any atom is -0.495 e. The van der Waals surface area contributed by atoms with E-state index in [0.717, 1.165) is 11.1 Å². The summed E-state index contributed by atoms with van der Waals surface area (Å²) in [5, 5.41) is 39.1. The number of methoxy groups -OCH3 is 2. The maximum atomic E-state index is 14.0. The van der Waals surface area contributed by atoms with Gasteiger partial charge in [-0.25, -0.2) is 25.4 Å². The molecule has 0 spiro atoms. The zero-order valence-electron chi connectivity index (χ0n) is 44.9. The molecule has 8 rings (SSSR count). The lowest BCUT2D eigenvalue weighted by atomic mass is 10.1. The number of rotatable bonds is 24. The fraction of sp³-hybridized carbons (Fsp3) is 0.333. The molecule has 4 heterocycles. The van der Waals surface area contributed by atoms with Gasteiger partial charge in [-0.05, 0) is 96.7 Å². The minimum absolute atomic E-state index is 0.106. The van der Waals surface area contributed by atoms with Crippen molar-refractivity contribution in [2.24, 2.45) is 0 Å². The highest BCUT2D eigenvalue weighted by Gasteiger charge is 2.35. The Bertz CT molecular complexity index is 3190. The number of aromatic nitrogens is 6. The first-order valence-electron chi connectivity index (χ1n) is 25.1. The first kappa shape index (κ1) is 59.4. The molecule has 0 amide bonds. The van der Waals surface area contributed by atoms with Crippen molar-refractivity contribution in [2.45, 2.75) is 77.4 Å². The third kappa shape index (κ3) is 14.7. The van der Waals surface area contributed by atoms with Crippen molar-refractivity contribution in [3.63, 3.8) is 0 Å². The topological polar surface area (TPSA) is 221 Å². The van der Waals surface area contributed by atoms with Crippen LogP contribution in [-0.2, 0) is 46.1 Å². The molecule has 0 saturated heterocycles. The number of aryl methyl sites for hydroxylation is 2. The standard InChI is InChI=1S/2C27H33ClN4O5SSi/c2*1-36-23-8-5-7-21(19-33)25(23)32-26(24-9-6-16-37-24)29-30-27(32)31(15-18-39(2,3)4)38(34,35)17-14-20-10-12-22(28)13-11-20/h2*5-13,16,33H,14-15,17-19H2,1-4H3. The summed E-state index contributed by atoms with van der Waals surface area (Å²) in [5.41, 5.74) is 3.65. The van der Waals surface area contributed by atoms with Crippen molar-refractivity contribution in [3.8, 4) is 46.0 Å². The van der Waals surface area contributed by atoms with Gasteiger partial charge in [0.05, 0.1) is 62.8 Å². The van der Waals surface area contributed by atoms with Crippen LogP contribution in [0, 0.1) is 0 Å². The Morgan fingerprint density at radius 1 is 0.538 bits per heavy atom. The largest absolute Gasteiger partial charge is 0.495 e. The maximum Gasteiger partial charge on any atom is 0.246 e. The summed E-state index contributed by atoms with van der Waals surface area (Å²) in [7, 11) is -8.03. The first-order valence-corrected chi connectivity index (χ1v) is 36.5. The van der Waals surface area contributed by atoms with E-state index in [2.05, 4.69) is 59.7 Å². The van der Waals surface area contributed by atoms with Crippen LogP contribution in [0.4, 0.5) is 11.9 Å². The fourth-order valence-corrected chi connectivity index (χ4v) is 13.5. The predicted molar refractivity (Wildman–Crippen MR) is 312 cm³/mol. The minimum atomic E-state index is -3.87. The van der Waals surface area contributed by atoms with E-state index in [9.17, 15) is 27.0 Å². The molecule has 4 aromatic carbocycles. The highest BCUT2D eigenvalue weighted by molar-refractivity contribution is 7.93. The number of sulfonamides is 2. The maximum absolute atomic E-state index is 14.0. The van der Waals surface area contributed by atoms with Gasteiger partial charge in [0.25, 0.3) is 0 Å². The number of aliphatic hydroxyl groups excluding tert-OH is 2. The number of nitrogens with zero attached hydrogens (tertiary/aromatic N) is 8. The van der Waals surface area contributed by atoms with Crippen molar-refractivity contribution < 1.29 is 45.4 Å². The SMILES string of the molecule is COc1cccc(CO)c1-n1c(-c2ccco2)nnc1N(CC[Si](C)(C)C)S(=O)(=O)CCc1ccc(Cl)cc1.COc1cccc(CO)c1-n1c(-c2ccco2)nnc1N(CC[Si](C)(C)C)S(=O)(=O)CCc1ccc(Cl)cc1. The van der Waals surface area contributed by atoms with Crippen LogP contribution < -0.4 is 18.1 Å². The zero-order valence-corrected chi connectivity index (χ0v) is 50.1. The van der Waals surface area contributed by atoms with Gasteiger partial charge in [0.15, 0.2) is 11.5 Å². The van der Waals surface area contributed by atoms with Gasteiger partial charge in [-0.3, -0.25) is 9.13 Å². The summed E-state index contributed by atoms with van der Waals surface area (Å²) < 4.78 is 84.5. The van der Waals surface area contributed by atoms with E-state index in [-0.39, 0.29) is 49.7 Å². The van der Waals surface area contributed by atoms with Gasteiger partial charge in [0, 0.05) is 50.4 Å². The van der Waals surface area contributed by atoms with Crippen LogP contribution in [0.3, 0.4) is 0 Å². The molecule has 0 aliphatic heterocycles. The third-order valence-corrected chi connectivity index (χ3v) is 20.0. The number of anilines is 2. The molecule has 0 aliphatic rings. The summed E-state index contributed by atoms with van der Waals surface area (Å²) in [6.07, 6.45) is 3.63. The Labute approximate surface area is 468 Å². The number of benzene rings is 4. The Balaban J connectivity index is 0.000000226. The van der Waals surface area contributed by atoms with Crippen LogP contribution in [0.2, 0.25) is 61.4 Å². The van der Waals surface area contributed by atoms with Crippen LogP contribution in [-0.4, -0.2) is 112 Å². The summed E-state index contributed by atoms with van der Waals surface area (Å²) in [4.78, 5) is 0. The second-order valence-corrected chi connectivity index (χ2v) is 36.8. The monoisotopic (exact) mass is 1180 g/mol. The lowest BCUT2D eigenvalue weighted by molar-refractivity contribution is 0.280. The molecule has 0 atom stereocenters. The van der Waals surface area contributed by atoms with Gasteiger partial charge in [-0.15, -0.1) is 20.4 Å². The molecule has 0 saturated carbocycles. The van der Waals surface area contributed by atoms with Gasteiger partial charge in [0.1, 0.15) is 11.5 Å². The van der Waals surface area contributed by atoms with E-state index >= 15 is 0 Å². The van der Waals surface area contributed by atoms with Crippen LogP contribution in [0.5, 0.6) is 11.5 Å². The van der Waals surface area contributed by atoms with E-state index < -0.39 is 36.2 Å². The number of furan rings is 2. The van der Waals surface area contributed by atoms with Gasteiger partial charge >= 0.3 is 0 Å². The Morgan fingerprint density at radius 2 is 0.910 bits per heavy atom. The average molecular weight is 1180 g/mol. The summed E-state index contributed by atoms with van der Waals surface area (Å²) in [5.74, 6) is 2.17. The molecular formula is C54H66Cl2N8O10S2Si2. The molecule has 0 radical (unpaired) electrons. The van der Waals surface area contributed by atoms with Crippen LogP contribution in [0.1, 0.15) is 22.3 Å². The summed E-state index contributed by atoms with van der Waals surface area (Å²) >= 11 is 12.0. The van der Waals surface area contributed by atoms with Crippen LogP contribution >= 0.6 is 23.2 Å². The quantitative estimate of drug-likeness (QED) is 0.0538. The van der Waals surface area contributed by atoms with Crippen LogP contribution in [0.25, 0.3) is 34.5 Å². The van der Waals surface area contributed by atoms with Crippen molar-refractivity contribution in [1.29, 1.82) is 0 Å². The average Bonchev–Trinajstić information content (AvgIpc) is 4.36. The fourth-order valence-electron chi connectivity index (χ4n) is 8.26. The molecule has 24 heteroatoms. The molecule has 0 bridgehead atoms. The van der Waals surface area contributed by atoms with Gasteiger partial charge in [-0.2, -0.15) is 0 Å². The van der Waals surface area contributed by atoms with E-state index in [0.29, 0.717) is 92.1 Å². The second kappa shape index (κ2) is 25.7. The normalized spacial score (nSPS) is 12.1. The molecule has 2 N–H and O–H groups in total. The van der Waals surface area contributed by atoms with Crippen LogP contribution in [0.15, 0.2) is 131 Å². The lowest BCUT2D eigenvalue weighted by Gasteiger charge is -2.27. The molecule has 18 nitrogen and oxygen atoms in total. The summed E-state index contributed by atoms with van der Waals surface area (Å²) in [6, 6.07) is 33.1. The molecule has 416 valence electrons. The van der Waals surface area contributed by atoms with Crippen molar-refractivity contribution in [3.05, 3.63) is 154 Å². The number of hydrogen-bond donors (Lipinski definition) is 2.